The normalized spacial score (nSPS) is 11.5. The summed E-state index contributed by atoms with van der Waals surface area (Å²) in [4.78, 5) is 2.44. The quantitative estimate of drug-likeness (QED) is 0.145. The molecule has 0 saturated heterocycles. The molecule has 0 fully saturated rings. The fourth-order valence-corrected chi connectivity index (χ4v) is 10.4. The van der Waals surface area contributed by atoms with Crippen LogP contribution in [0.25, 0.3) is 97.0 Å². The maximum Gasteiger partial charge on any atom is 0.0546 e. The van der Waals surface area contributed by atoms with Gasteiger partial charge in [0.05, 0.1) is 5.69 Å². The molecule has 0 spiro atoms. The van der Waals surface area contributed by atoms with Crippen LogP contribution in [0.3, 0.4) is 0 Å². The van der Waals surface area contributed by atoms with E-state index in [1.807, 2.05) is 11.3 Å². The van der Waals surface area contributed by atoms with Crippen LogP contribution in [0.2, 0.25) is 0 Å². The first-order chi connectivity index (χ1) is 30.7. The number of anilines is 3. The lowest BCUT2D eigenvalue weighted by atomic mass is 9.91. The number of thiophene rings is 1. The molecular formula is C60H39NS. The van der Waals surface area contributed by atoms with Crippen molar-refractivity contribution in [3.05, 3.63) is 237 Å². The van der Waals surface area contributed by atoms with Gasteiger partial charge in [0.2, 0.25) is 0 Å². The fraction of sp³-hybridized carbons (Fsp3) is 0. The third-order valence-corrected chi connectivity index (χ3v) is 13.6. The van der Waals surface area contributed by atoms with Gasteiger partial charge in [-0.2, -0.15) is 0 Å². The van der Waals surface area contributed by atoms with Gasteiger partial charge >= 0.3 is 0 Å². The van der Waals surface area contributed by atoms with Gasteiger partial charge in [-0.25, -0.2) is 0 Å². The van der Waals surface area contributed by atoms with Crippen LogP contribution >= 0.6 is 11.3 Å². The summed E-state index contributed by atoms with van der Waals surface area (Å²) in [5.74, 6) is 0. The van der Waals surface area contributed by atoms with Crippen molar-refractivity contribution >= 4 is 80.9 Å². The third kappa shape index (κ3) is 6.32. The standard InChI is InChI=1S/C60H39NS/c1-2-13-43(14-3-1)52-34-28-48(56-38-47-16-6-7-17-51(47)53-18-8-9-19-54(53)56)39-58(52)61(49-30-24-41(25-31-49)45-23-22-40-12-4-5-15-44(40)36-45)50-32-26-42(27-33-50)46-29-35-60-57(37-46)55-20-10-11-21-59(55)62-60/h1-39H. The van der Waals surface area contributed by atoms with Crippen molar-refractivity contribution in [3.63, 3.8) is 0 Å². The smallest absolute Gasteiger partial charge is 0.0546 e. The van der Waals surface area contributed by atoms with E-state index in [0.29, 0.717) is 0 Å². The van der Waals surface area contributed by atoms with E-state index in [0.717, 1.165) is 22.6 Å². The van der Waals surface area contributed by atoms with Crippen LogP contribution in [0.15, 0.2) is 237 Å². The summed E-state index contributed by atoms with van der Waals surface area (Å²) in [5.41, 5.74) is 12.8. The van der Waals surface area contributed by atoms with E-state index in [-0.39, 0.29) is 0 Å². The zero-order valence-electron chi connectivity index (χ0n) is 33.9. The summed E-state index contributed by atoms with van der Waals surface area (Å²) < 4.78 is 2.64. The molecule has 0 unspecified atom stereocenters. The van der Waals surface area contributed by atoms with E-state index in [2.05, 4.69) is 241 Å². The summed E-state index contributed by atoms with van der Waals surface area (Å²) in [6.07, 6.45) is 0. The first-order valence-electron chi connectivity index (χ1n) is 21.2. The van der Waals surface area contributed by atoms with Crippen molar-refractivity contribution < 1.29 is 0 Å². The summed E-state index contributed by atoms with van der Waals surface area (Å²) in [6.45, 7) is 0. The number of hydrogen-bond donors (Lipinski definition) is 0. The maximum atomic E-state index is 2.44. The molecular weight excluding hydrogens is 767 g/mol. The highest BCUT2D eigenvalue weighted by molar-refractivity contribution is 7.25. The van der Waals surface area contributed by atoms with E-state index in [1.54, 1.807) is 0 Å². The van der Waals surface area contributed by atoms with E-state index >= 15 is 0 Å². The van der Waals surface area contributed by atoms with E-state index in [1.165, 1.54) is 91.4 Å². The molecule has 0 atom stereocenters. The molecule has 0 aliphatic carbocycles. The first-order valence-corrected chi connectivity index (χ1v) is 22.0. The Kier molecular flexibility index (Phi) is 8.76. The third-order valence-electron chi connectivity index (χ3n) is 12.4. The second kappa shape index (κ2) is 15.0. The first kappa shape index (κ1) is 36.1. The predicted molar refractivity (Wildman–Crippen MR) is 268 cm³/mol. The molecule has 12 aromatic rings. The lowest BCUT2D eigenvalue weighted by molar-refractivity contribution is 1.28. The molecule has 0 saturated carbocycles. The number of nitrogens with zero attached hydrogens (tertiary/aromatic N) is 1. The van der Waals surface area contributed by atoms with Crippen LogP contribution < -0.4 is 4.90 Å². The molecule has 11 aromatic carbocycles. The van der Waals surface area contributed by atoms with Crippen molar-refractivity contribution in [2.24, 2.45) is 0 Å². The van der Waals surface area contributed by atoms with Crippen molar-refractivity contribution in [3.8, 4) is 44.5 Å². The minimum absolute atomic E-state index is 1.09. The Hall–Kier alpha value is -7.78. The Morgan fingerprint density at radius 2 is 0.806 bits per heavy atom. The van der Waals surface area contributed by atoms with Gasteiger partial charge in [0.15, 0.2) is 0 Å². The van der Waals surface area contributed by atoms with Gasteiger partial charge in [0.25, 0.3) is 0 Å². The maximum absolute atomic E-state index is 2.44. The lowest BCUT2D eigenvalue weighted by Crippen LogP contribution is -2.11. The van der Waals surface area contributed by atoms with Crippen molar-refractivity contribution in [2.75, 3.05) is 4.90 Å². The lowest BCUT2D eigenvalue weighted by Gasteiger charge is -2.29. The zero-order chi connectivity index (χ0) is 41.0. The topological polar surface area (TPSA) is 3.24 Å². The fourth-order valence-electron chi connectivity index (χ4n) is 9.35. The molecule has 1 heterocycles. The molecule has 2 heteroatoms. The van der Waals surface area contributed by atoms with Gasteiger partial charge in [-0.05, 0) is 132 Å². The Balaban J connectivity index is 1.04. The van der Waals surface area contributed by atoms with Crippen LogP contribution in [0.5, 0.6) is 0 Å². The largest absolute Gasteiger partial charge is 0.310 e. The number of benzene rings is 11. The molecule has 1 nitrogen and oxygen atoms in total. The Morgan fingerprint density at radius 1 is 0.258 bits per heavy atom. The highest BCUT2D eigenvalue weighted by Crippen LogP contribution is 2.46. The molecule has 62 heavy (non-hydrogen) atoms. The van der Waals surface area contributed by atoms with Crippen LogP contribution in [0, 0.1) is 0 Å². The molecule has 1 aromatic heterocycles. The van der Waals surface area contributed by atoms with Crippen molar-refractivity contribution in [2.45, 2.75) is 0 Å². The van der Waals surface area contributed by atoms with E-state index in [9.17, 15) is 0 Å². The van der Waals surface area contributed by atoms with Crippen LogP contribution in [-0.4, -0.2) is 0 Å². The Labute approximate surface area is 365 Å². The summed E-state index contributed by atoms with van der Waals surface area (Å²) in [6, 6.07) is 86.9. The summed E-state index contributed by atoms with van der Waals surface area (Å²) >= 11 is 1.86. The molecule has 0 amide bonds. The second-order valence-electron chi connectivity index (χ2n) is 16.1. The van der Waals surface area contributed by atoms with Crippen molar-refractivity contribution in [1.29, 1.82) is 0 Å². The molecule has 12 rings (SSSR count). The SMILES string of the molecule is c1ccc(-c2ccc(-c3cc4ccccc4c4ccccc34)cc2N(c2ccc(-c3ccc4ccccc4c3)cc2)c2ccc(-c3ccc4sc5ccccc5c4c3)cc2)cc1. The van der Waals surface area contributed by atoms with Crippen molar-refractivity contribution in [1.82, 2.24) is 0 Å². The molecule has 0 aliphatic rings. The van der Waals surface area contributed by atoms with Gasteiger partial charge < -0.3 is 4.90 Å². The minimum Gasteiger partial charge on any atom is -0.310 e. The monoisotopic (exact) mass is 805 g/mol. The van der Waals surface area contributed by atoms with Gasteiger partial charge in [-0.3, -0.25) is 0 Å². The molecule has 0 aliphatic heterocycles. The van der Waals surface area contributed by atoms with E-state index in [4.69, 9.17) is 0 Å². The second-order valence-corrected chi connectivity index (χ2v) is 17.2. The average molecular weight is 806 g/mol. The number of hydrogen-bond acceptors (Lipinski definition) is 2. The average Bonchev–Trinajstić information content (AvgIpc) is 3.72. The minimum atomic E-state index is 1.09. The molecule has 0 bridgehead atoms. The van der Waals surface area contributed by atoms with Gasteiger partial charge in [-0.15, -0.1) is 11.3 Å². The summed E-state index contributed by atoms with van der Waals surface area (Å²) in [5, 5.41) is 10.1. The highest BCUT2D eigenvalue weighted by Gasteiger charge is 2.20. The molecule has 0 N–H and O–H groups in total. The Morgan fingerprint density at radius 3 is 1.56 bits per heavy atom. The van der Waals surface area contributed by atoms with Crippen LogP contribution in [-0.2, 0) is 0 Å². The molecule has 290 valence electrons. The summed E-state index contributed by atoms with van der Waals surface area (Å²) in [7, 11) is 0. The number of rotatable bonds is 7. The number of fused-ring (bicyclic) bond motifs is 7. The predicted octanol–water partition coefficient (Wildman–Crippen LogP) is 17.7. The van der Waals surface area contributed by atoms with Crippen LogP contribution in [0.1, 0.15) is 0 Å². The van der Waals surface area contributed by atoms with Crippen LogP contribution in [0.4, 0.5) is 17.1 Å². The molecule has 0 radical (unpaired) electrons. The van der Waals surface area contributed by atoms with Gasteiger partial charge in [-0.1, -0.05) is 176 Å². The Bertz CT molecular complexity index is 3620. The van der Waals surface area contributed by atoms with Gasteiger partial charge in [0, 0.05) is 37.1 Å². The highest BCUT2D eigenvalue weighted by atomic mass is 32.1. The van der Waals surface area contributed by atoms with E-state index < -0.39 is 0 Å². The van der Waals surface area contributed by atoms with Gasteiger partial charge in [0.1, 0.15) is 0 Å². The zero-order valence-corrected chi connectivity index (χ0v) is 34.7.